The van der Waals surface area contributed by atoms with E-state index >= 15 is 0 Å². The second-order valence-corrected chi connectivity index (χ2v) is 8.33. The summed E-state index contributed by atoms with van der Waals surface area (Å²) in [5, 5.41) is 0.754. The summed E-state index contributed by atoms with van der Waals surface area (Å²) >= 11 is 1.82. The van der Waals surface area contributed by atoms with Crippen LogP contribution < -0.4 is 14.9 Å². The van der Waals surface area contributed by atoms with Crippen LogP contribution in [-0.2, 0) is 0 Å². The number of amides is 1. The number of hydrogen-bond donors (Lipinski definition) is 0. The molecule has 0 aliphatic carbocycles. The Kier molecular flexibility index (Phi) is 4.67. The van der Waals surface area contributed by atoms with Gasteiger partial charge in [0.05, 0.1) is 5.39 Å². The molecule has 1 unspecified atom stereocenters. The smallest absolute Gasteiger partial charge is 0.289 e. The number of fused-ring (bicyclic) bond motifs is 2. The molecule has 5 rings (SSSR count). The maximum atomic E-state index is 13.0. The first-order chi connectivity index (χ1) is 14.2. The molecule has 3 aromatic rings. The SMILES string of the molecule is O=C(c1cc(=O)c2ccccc2o1)N1CCSC(c2ccc3c(c2)OCO3)CC1. The average Bonchev–Trinajstić information content (AvgIpc) is 3.08. The van der Waals surface area contributed by atoms with Crippen LogP contribution in [0.4, 0.5) is 0 Å². The first-order valence-electron chi connectivity index (χ1n) is 9.52. The number of benzene rings is 2. The van der Waals surface area contributed by atoms with E-state index in [0.717, 1.165) is 23.7 Å². The molecule has 1 saturated heterocycles. The Labute approximate surface area is 171 Å². The topological polar surface area (TPSA) is 69.0 Å². The minimum absolute atomic E-state index is 0.0974. The summed E-state index contributed by atoms with van der Waals surface area (Å²) in [5.41, 5.74) is 1.41. The summed E-state index contributed by atoms with van der Waals surface area (Å²) in [7, 11) is 0. The maximum Gasteiger partial charge on any atom is 0.289 e. The molecule has 6 nitrogen and oxygen atoms in total. The lowest BCUT2D eigenvalue weighted by Gasteiger charge is -2.19. The van der Waals surface area contributed by atoms with Crippen molar-refractivity contribution in [3.05, 3.63) is 70.1 Å². The third kappa shape index (κ3) is 3.46. The lowest BCUT2D eigenvalue weighted by Crippen LogP contribution is -2.33. The molecule has 1 aromatic heterocycles. The number of rotatable bonds is 2. The number of carbonyl (C=O) groups is 1. The highest BCUT2D eigenvalue weighted by Gasteiger charge is 2.26. The van der Waals surface area contributed by atoms with Crippen LogP contribution in [0.1, 0.15) is 27.8 Å². The van der Waals surface area contributed by atoms with Crippen molar-refractivity contribution in [2.24, 2.45) is 0 Å². The van der Waals surface area contributed by atoms with E-state index in [1.807, 2.05) is 23.9 Å². The first-order valence-corrected chi connectivity index (χ1v) is 10.6. The third-order valence-electron chi connectivity index (χ3n) is 5.24. The number of carbonyl (C=O) groups excluding carboxylic acids is 1. The molecule has 0 N–H and O–H groups in total. The summed E-state index contributed by atoms with van der Waals surface area (Å²) in [4.78, 5) is 27.1. The Morgan fingerprint density at radius 2 is 1.90 bits per heavy atom. The van der Waals surface area contributed by atoms with Gasteiger partial charge in [-0.2, -0.15) is 11.8 Å². The second kappa shape index (κ2) is 7.48. The standard InChI is InChI=1S/C22H19NO5S/c24-16-12-20(28-17-4-2-1-3-15(16)17)22(25)23-8-7-21(29-10-9-23)14-5-6-18-19(11-14)27-13-26-18/h1-6,11-12,21H,7-10,13H2. The van der Waals surface area contributed by atoms with Gasteiger partial charge < -0.3 is 18.8 Å². The molecule has 2 aliphatic heterocycles. The predicted molar refractivity (Wildman–Crippen MR) is 111 cm³/mol. The molecule has 3 heterocycles. The maximum absolute atomic E-state index is 13.0. The van der Waals surface area contributed by atoms with Crippen molar-refractivity contribution in [1.29, 1.82) is 0 Å². The molecule has 1 fully saturated rings. The lowest BCUT2D eigenvalue weighted by atomic mass is 10.1. The Hall–Kier alpha value is -2.93. The Bertz CT molecular complexity index is 1140. The highest BCUT2D eigenvalue weighted by molar-refractivity contribution is 7.99. The van der Waals surface area contributed by atoms with Gasteiger partial charge in [-0.05, 0) is 36.2 Å². The van der Waals surface area contributed by atoms with E-state index in [0.29, 0.717) is 24.1 Å². The predicted octanol–water partition coefficient (Wildman–Crippen LogP) is 3.84. The number of thioether (sulfide) groups is 1. The monoisotopic (exact) mass is 409 g/mol. The quantitative estimate of drug-likeness (QED) is 0.641. The highest BCUT2D eigenvalue weighted by atomic mass is 32.2. The van der Waals surface area contributed by atoms with Crippen LogP contribution in [0.15, 0.2) is 57.7 Å². The molecule has 0 spiro atoms. The van der Waals surface area contributed by atoms with Crippen molar-refractivity contribution in [3.8, 4) is 11.5 Å². The third-order valence-corrected chi connectivity index (χ3v) is 6.57. The van der Waals surface area contributed by atoms with Crippen molar-refractivity contribution in [3.63, 3.8) is 0 Å². The molecule has 1 atom stereocenters. The van der Waals surface area contributed by atoms with Gasteiger partial charge in [0.15, 0.2) is 22.7 Å². The van der Waals surface area contributed by atoms with Gasteiger partial charge >= 0.3 is 0 Å². The van der Waals surface area contributed by atoms with E-state index in [-0.39, 0.29) is 29.1 Å². The molecule has 2 aliphatic rings. The summed E-state index contributed by atoms with van der Waals surface area (Å²) in [5.74, 6) is 2.22. The number of ether oxygens (including phenoxy) is 2. The van der Waals surface area contributed by atoms with Gasteiger partial charge in [-0.25, -0.2) is 0 Å². The van der Waals surface area contributed by atoms with Gasteiger partial charge in [0.25, 0.3) is 5.91 Å². The molecule has 29 heavy (non-hydrogen) atoms. The van der Waals surface area contributed by atoms with Crippen LogP contribution in [0, 0.1) is 0 Å². The normalized spacial score (nSPS) is 18.6. The number of hydrogen-bond acceptors (Lipinski definition) is 6. The van der Waals surface area contributed by atoms with E-state index in [1.54, 1.807) is 29.2 Å². The largest absolute Gasteiger partial charge is 0.454 e. The van der Waals surface area contributed by atoms with Crippen LogP contribution in [0.3, 0.4) is 0 Å². The Morgan fingerprint density at radius 1 is 1.03 bits per heavy atom. The lowest BCUT2D eigenvalue weighted by molar-refractivity contribution is 0.0735. The van der Waals surface area contributed by atoms with E-state index < -0.39 is 0 Å². The van der Waals surface area contributed by atoms with Crippen molar-refractivity contribution < 1.29 is 18.7 Å². The molecule has 148 valence electrons. The van der Waals surface area contributed by atoms with E-state index in [9.17, 15) is 9.59 Å². The fourth-order valence-electron chi connectivity index (χ4n) is 3.72. The molecule has 7 heteroatoms. The van der Waals surface area contributed by atoms with Crippen molar-refractivity contribution in [2.45, 2.75) is 11.7 Å². The molecule has 0 saturated carbocycles. The van der Waals surface area contributed by atoms with Crippen molar-refractivity contribution in [2.75, 3.05) is 25.6 Å². The Morgan fingerprint density at radius 3 is 2.83 bits per heavy atom. The van der Waals surface area contributed by atoms with Crippen molar-refractivity contribution in [1.82, 2.24) is 4.90 Å². The van der Waals surface area contributed by atoms with E-state index in [2.05, 4.69) is 6.07 Å². The van der Waals surface area contributed by atoms with Gasteiger partial charge in [0.1, 0.15) is 5.58 Å². The van der Waals surface area contributed by atoms with Gasteiger partial charge in [-0.3, -0.25) is 9.59 Å². The molecular weight excluding hydrogens is 390 g/mol. The van der Waals surface area contributed by atoms with Crippen molar-refractivity contribution >= 4 is 28.6 Å². The molecule has 2 aromatic carbocycles. The van der Waals surface area contributed by atoms with Gasteiger partial charge in [-0.15, -0.1) is 0 Å². The summed E-state index contributed by atoms with van der Waals surface area (Å²) in [6, 6.07) is 14.3. The van der Waals surface area contributed by atoms with Gasteiger partial charge in [0.2, 0.25) is 6.79 Å². The van der Waals surface area contributed by atoms with Crippen LogP contribution in [-0.4, -0.2) is 36.4 Å². The highest BCUT2D eigenvalue weighted by Crippen LogP contribution is 2.40. The van der Waals surface area contributed by atoms with Gasteiger partial charge in [0, 0.05) is 30.2 Å². The summed E-state index contributed by atoms with van der Waals surface area (Å²) in [6.45, 7) is 1.47. The second-order valence-electron chi connectivity index (χ2n) is 7.02. The summed E-state index contributed by atoms with van der Waals surface area (Å²) < 4.78 is 16.6. The van der Waals surface area contributed by atoms with Crippen LogP contribution in [0.5, 0.6) is 11.5 Å². The summed E-state index contributed by atoms with van der Waals surface area (Å²) in [6.07, 6.45) is 0.813. The zero-order valence-electron chi connectivity index (χ0n) is 15.6. The molecule has 0 bridgehead atoms. The fourth-order valence-corrected chi connectivity index (χ4v) is 4.94. The minimum Gasteiger partial charge on any atom is -0.454 e. The fraction of sp³-hybridized carbons (Fsp3) is 0.273. The van der Waals surface area contributed by atoms with Crippen LogP contribution in [0.25, 0.3) is 11.0 Å². The molecular formula is C22H19NO5S. The molecule has 1 amide bonds. The van der Waals surface area contributed by atoms with Crippen LogP contribution in [0.2, 0.25) is 0 Å². The number of nitrogens with zero attached hydrogens (tertiary/aromatic N) is 1. The Balaban J connectivity index is 1.34. The average molecular weight is 409 g/mol. The van der Waals surface area contributed by atoms with E-state index in [1.165, 1.54) is 11.6 Å². The number of para-hydroxylation sites is 1. The van der Waals surface area contributed by atoms with Gasteiger partial charge in [-0.1, -0.05) is 18.2 Å². The zero-order chi connectivity index (χ0) is 19.8. The van der Waals surface area contributed by atoms with E-state index in [4.69, 9.17) is 13.9 Å². The zero-order valence-corrected chi connectivity index (χ0v) is 16.4. The first kappa shape index (κ1) is 18.1. The van der Waals surface area contributed by atoms with Crippen LogP contribution >= 0.6 is 11.8 Å². The molecule has 0 radical (unpaired) electrons. The minimum atomic E-state index is -0.236.